The Kier molecular flexibility index (Phi) is 3.41. The summed E-state index contributed by atoms with van der Waals surface area (Å²) in [6.07, 6.45) is 0.772. The van der Waals surface area contributed by atoms with Crippen LogP contribution >= 0.6 is 0 Å². The molecule has 0 bridgehead atoms. The fourth-order valence-corrected chi connectivity index (χ4v) is 4.95. The van der Waals surface area contributed by atoms with Gasteiger partial charge in [0.05, 0.1) is 10.1 Å². The third kappa shape index (κ3) is 2.40. The van der Waals surface area contributed by atoms with E-state index in [4.69, 9.17) is 0 Å². The molecule has 0 amide bonds. The van der Waals surface area contributed by atoms with Gasteiger partial charge in [-0.2, -0.15) is 0 Å². The summed E-state index contributed by atoms with van der Waals surface area (Å²) in [5.74, 6) is -0.672. The lowest BCUT2D eigenvalue weighted by molar-refractivity contribution is -0.108. The molecule has 4 heteroatoms. The molecule has 0 radical (unpaired) electrons. The van der Waals surface area contributed by atoms with Crippen LogP contribution in [0.1, 0.15) is 17.0 Å². The second kappa shape index (κ2) is 5.11. The van der Waals surface area contributed by atoms with E-state index in [1.807, 2.05) is 37.3 Å². The van der Waals surface area contributed by atoms with E-state index in [2.05, 4.69) is 0 Å². The molecular formula is C17H16O3S. The lowest BCUT2D eigenvalue weighted by Gasteiger charge is -2.04. The fourth-order valence-electron chi connectivity index (χ4n) is 2.84. The van der Waals surface area contributed by atoms with Gasteiger partial charge < -0.3 is 4.79 Å². The van der Waals surface area contributed by atoms with E-state index in [1.165, 1.54) is 0 Å². The summed E-state index contributed by atoms with van der Waals surface area (Å²) in [5.41, 5.74) is 1.92. The van der Waals surface area contributed by atoms with Crippen molar-refractivity contribution >= 4 is 16.1 Å². The smallest absolute Gasteiger partial charge is 0.182 e. The molecule has 1 aliphatic carbocycles. The van der Waals surface area contributed by atoms with E-state index in [9.17, 15) is 13.2 Å². The molecule has 21 heavy (non-hydrogen) atoms. The van der Waals surface area contributed by atoms with E-state index in [-0.39, 0.29) is 5.92 Å². The van der Waals surface area contributed by atoms with Crippen molar-refractivity contribution in [2.45, 2.75) is 23.0 Å². The Bertz CT molecular complexity index is 748. The fraction of sp³-hybridized carbons (Fsp3) is 0.235. The van der Waals surface area contributed by atoms with Gasteiger partial charge in [-0.15, -0.1) is 0 Å². The monoisotopic (exact) mass is 300 g/mol. The summed E-state index contributed by atoms with van der Waals surface area (Å²) in [6.45, 7) is 1.91. The van der Waals surface area contributed by atoms with Gasteiger partial charge in [-0.3, -0.25) is 0 Å². The van der Waals surface area contributed by atoms with E-state index < -0.39 is 21.0 Å². The van der Waals surface area contributed by atoms with E-state index >= 15 is 0 Å². The average molecular weight is 300 g/mol. The van der Waals surface area contributed by atoms with E-state index in [0.29, 0.717) is 4.90 Å². The molecule has 108 valence electrons. The molecule has 0 aliphatic heterocycles. The second-order valence-electron chi connectivity index (χ2n) is 5.47. The van der Waals surface area contributed by atoms with Gasteiger partial charge in [0.15, 0.2) is 9.84 Å². The Morgan fingerprint density at radius 2 is 1.57 bits per heavy atom. The van der Waals surface area contributed by atoms with Gasteiger partial charge in [0.2, 0.25) is 0 Å². The SMILES string of the molecule is Cc1ccc(S(=O)(=O)[C@@H]2[C@H](C=O)[C@@H]2c2ccccc2)cc1. The molecule has 2 aromatic rings. The molecule has 0 spiro atoms. The Morgan fingerprint density at radius 1 is 0.952 bits per heavy atom. The van der Waals surface area contributed by atoms with Gasteiger partial charge in [-0.05, 0) is 24.6 Å². The van der Waals surface area contributed by atoms with Crippen molar-refractivity contribution in [3.63, 3.8) is 0 Å². The van der Waals surface area contributed by atoms with Crippen LogP contribution in [-0.4, -0.2) is 20.0 Å². The number of aldehydes is 1. The zero-order valence-electron chi connectivity index (χ0n) is 11.6. The quantitative estimate of drug-likeness (QED) is 0.816. The van der Waals surface area contributed by atoms with Crippen LogP contribution in [-0.2, 0) is 14.6 Å². The number of aryl methyl sites for hydroxylation is 1. The van der Waals surface area contributed by atoms with Crippen molar-refractivity contribution in [2.75, 3.05) is 0 Å². The standard InChI is InChI=1S/C17H16O3S/c1-12-7-9-14(10-8-12)21(19,20)17-15(11-18)16(17)13-5-3-2-4-6-13/h2-11,15-17H,1H3/t15-,16+,17-/m1/s1. The van der Waals surface area contributed by atoms with Crippen LogP contribution < -0.4 is 0 Å². The summed E-state index contributed by atoms with van der Waals surface area (Å²) in [7, 11) is -3.47. The highest BCUT2D eigenvalue weighted by atomic mass is 32.2. The summed E-state index contributed by atoms with van der Waals surface area (Å²) < 4.78 is 25.4. The minimum atomic E-state index is -3.47. The lowest BCUT2D eigenvalue weighted by Crippen LogP contribution is -2.11. The summed E-state index contributed by atoms with van der Waals surface area (Å²) in [4.78, 5) is 11.5. The van der Waals surface area contributed by atoms with Gasteiger partial charge >= 0.3 is 0 Å². The average Bonchev–Trinajstić information content (AvgIpc) is 3.24. The topological polar surface area (TPSA) is 51.2 Å². The highest BCUT2D eigenvalue weighted by molar-refractivity contribution is 7.92. The Balaban J connectivity index is 1.96. The van der Waals surface area contributed by atoms with Crippen LogP contribution in [0.25, 0.3) is 0 Å². The third-order valence-electron chi connectivity index (χ3n) is 4.06. The number of hydrogen-bond donors (Lipinski definition) is 0. The first-order valence-corrected chi connectivity index (χ1v) is 8.41. The van der Waals surface area contributed by atoms with Crippen molar-refractivity contribution < 1.29 is 13.2 Å². The number of sulfone groups is 1. The highest BCUT2D eigenvalue weighted by Gasteiger charge is 2.58. The number of hydrogen-bond acceptors (Lipinski definition) is 3. The van der Waals surface area contributed by atoms with Crippen molar-refractivity contribution in [1.82, 2.24) is 0 Å². The molecule has 1 fully saturated rings. The maximum atomic E-state index is 12.7. The normalized spacial score (nSPS) is 24.5. The van der Waals surface area contributed by atoms with E-state index in [0.717, 1.165) is 17.4 Å². The van der Waals surface area contributed by atoms with Crippen LogP contribution in [0.5, 0.6) is 0 Å². The first kappa shape index (κ1) is 14.0. The van der Waals surface area contributed by atoms with Crippen LogP contribution in [0.4, 0.5) is 0 Å². The predicted molar refractivity (Wildman–Crippen MR) is 80.9 cm³/mol. The maximum absolute atomic E-state index is 12.7. The molecule has 0 N–H and O–H groups in total. The molecule has 3 atom stereocenters. The van der Waals surface area contributed by atoms with Crippen molar-refractivity contribution in [1.29, 1.82) is 0 Å². The zero-order chi connectivity index (χ0) is 15.0. The Labute approximate surface area is 124 Å². The number of rotatable bonds is 4. The Morgan fingerprint density at radius 3 is 2.14 bits per heavy atom. The summed E-state index contributed by atoms with van der Waals surface area (Å²) >= 11 is 0. The minimum Gasteiger partial charge on any atom is -0.303 e. The molecule has 3 nitrogen and oxygen atoms in total. The molecule has 1 saturated carbocycles. The van der Waals surface area contributed by atoms with Crippen molar-refractivity contribution in [2.24, 2.45) is 5.92 Å². The minimum absolute atomic E-state index is 0.227. The first-order valence-electron chi connectivity index (χ1n) is 6.86. The van der Waals surface area contributed by atoms with Crippen LogP contribution in [0.15, 0.2) is 59.5 Å². The molecule has 3 rings (SSSR count). The van der Waals surface area contributed by atoms with Crippen molar-refractivity contribution in [3.05, 3.63) is 65.7 Å². The van der Waals surface area contributed by atoms with Crippen LogP contribution in [0.3, 0.4) is 0 Å². The summed E-state index contributed by atoms with van der Waals surface area (Å²) in [5, 5.41) is -0.639. The van der Waals surface area contributed by atoms with Crippen LogP contribution in [0, 0.1) is 12.8 Å². The van der Waals surface area contributed by atoms with Gasteiger partial charge in [-0.1, -0.05) is 48.0 Å². The second-order valence-corrected chi connectivity index (χ2v) is 7.58. The van der Waals surface area contributed by atoms with E-state index in [1.54, 1.807) is 24.3 Å². The molecular weight excluding hydrogens is 284 g/mol. The molecule has 0 heterocycles. The number of carbonyl (C=O) groups excluding carboxylic acids is 1. The molecule has 0 unspecified atom stereocenters. The van der Waals surface area contributed by atoms with Gasteiger partial charge in [0.25, 0.3) is 0 Å². The van der Waals surface area contributed by atoms with Gasteiger partial charge in [0, 0.05) is 11.8 Å². The third-order valence-corrected chi connectivity index (χ3v) is 6.31. The predicted octanol–water partition coefficient (Wildman–Crippen LogP) is 2.75. The maximum Gasteiger partial charge on any atom is 0.182 e. The number of benzene rings is 2. The highest BCUT2D eigenvalue weighted by Crippen LogP contribution is 2.52. The number of carbonyl (C=O) groups is 1. The van der Waals surface area contributed by atoms with Crippen LogP contribution in [0.2, 0.25) is 0 Å². The first-order chi connectivity index (χ1) is 10.1. The van der Waals surface area contributed by atoms with Crippen molar-refractivity contribution in [3.8, 4) is 0 Å². The Hall–Kier alpha value is -1.94. The molecule has 0 aromatic heterocycles. The largest absolute Gasteiger partial charge is 0.303 e. The molecule has 0 saturated heterocycles. The lowest BCUT2D eigenvalue weighted by atomic mass is 10.1. The molecule has 1 aliphatic rings. The summed E-state index contributed by atoms with van der Waals surface area (Å²) in [6, 6.07) is 16.2. The zero-order valence-corrected chi connectivity index (χ0v) is 12.5. The molecule has 2 aromatic carbocycles. The van der Waals surface area contributed by atoms with Gasteiger partial charge in [-0.25, -0.2) is 8.42 Å². The van der Waals surface area contributed by atoms with Gasteiger partial charge in [0.1, 0.15) is 6.29 Å².